The lowest BCUT2D eigenvalue weighted by Crippen LogP contribution is -2.30. The summed E-state index contributed by atoms with van der Waals surface area (Å²) in [5.41, 5.74) is 1.39. The van der Waals surface area contributed by atoms with Crippen molar-refractivity contribution in [2.24, 2.45) is 0 Å². The molecule has 0 aliphatic carbocycles. The lowest BCUT2D eigenvalue weighted by Gasteiger charge is -2.19. The van der Waals surface area contributed by atoms with Gasteiger partial charge < -0.3 is 5.32 Å². The first-order valence-corrected chi connectivity index (χ1v) is 7.30. The van der Waals surface area contributed by atoms with Gasteiger partial charge in [0, 0.05) is 22.3 Å². The van der Waals surface area contributed by atoms with E-state index in [1.165, 1.54) is 28.0 Å². The fourth-order valence-electron chi connectivity index (χ4n) is 1.85. The van der Waals surface area contributed by atoms with Gasteiger partial charge >= 0.3 is 0 Å². The molecule has 1 aliphatic heterocycles. The van der Waals surface area contributed by atoms with Crippen LogP contribution in [-0.2, 0) is 0 Å². The van der Waals surface area contributed by atoms with E-state index >= 15 is 0 Å². The smallest absolute Gasteiger partial charge is 0.0414 e. The number of nitrogens with one attached hydrogen (secondary N) is 1. The first-order valence-electron chi connectivity index (χ1n) is 5.35. The van der Waals surface area contributed by atoms with E-state index in [1.807, 2.05) is 0 Å². The van der Waals surface area contributed by atoms with Crippen LogP contribution in [0, 0.1) is 0 Å². The molecule has 1 N–H and O–H groups in total. The van der Waals surface area contributed by atoms with E-state index in [0.29, 0.717) is 12.1 Å². The summed E-state index contributed by atoms with van der Waals surface area (Å²) in [6.07, 6.45) is 1.27. The van der Waals surface area contributed by atoms with Crippen molar-refractivity contribution in [3.63, 3.8) is 0 Å². The zero-order valence-electron chi connectivity index (χ0n) is 8.87. The molecule has 1 fully saturated rings. The van der Waals surface area contributed by atoms with E-state index in [0.717, 1.165) is 0 Å². The Bertz CT molecular complexity index is 329. The highest BCUT2D eigenvalue weighted by atomic mass is 79.9. The van der Waals surface area contributed by atoms with Crippen molar-refractivity contribution < 1.29 is 0 Å². The molecule has 0 amide bonds. The fraction of sp³-hybridized carbons (Fsp3) is 0.500. The van der Waals surface area contributed by atoms with Crippen molar-refractivity contribution in [3.05, 3.63) is 34.3 Å². The van der Waals surface area contributed by atoms with Crippen LogP contribution in [0.25, 0.3) is 0 Å². The molecule has 1 aromatic carbocycles. The SMILES string of the molecule is CC1CCSCC(c2cccc(Br)c2)N1. The lowest BCUT2D eigenvalue weighted by molar-refractivity contribution is 0.485. The summed E-state index contributed by atoms with van der Waals surface area (Å²) in [4.78, 5) is 0. The summed E-state index contributed by atoms with van der Waals surface area (Å²) in [5.74, 6) is 2.46. The van der Waals surface area contributed by atoms with E-state index in [4.69, 9.17) is 0 Å². The minimum atomic E-state index is 0.505. The molecule has 15 heavy (non-hydrogen) atoms. The monoisotopic (exact) mass is 285 g/mol. The summed E-state index contributed by atoms with van der Waals surface area (Å²) < 4.78 is 1.17. The van der Waals surface area contributed by atoms with Crippen LogP contribution in [0.4, 0.5) is 0 Å². The molecule has 82 valence electrons. The minimum Gasteiger partial charge on any atom is -0.307 e. The number of benzene rings is 1. The van der Waals surface area contributed by atoms with Crippen LogP contribution in [0.1, 0.15) is 24.9 Å². The number of hydrogen-bond donors (Lipinski definition) is 1. The van der Waals surface area contributed by atoms with E-state index in [-0.39, 0.29) is 0 Å². The van der Waals surface area contributed by atoms with Gasteiger partial charge in [-0.05, 0) is 36.8 Å². The maximum atomic E-state index is 3.68. The molecule has 2 atom stereocenters. The number of rotatable bonds is 1. The van der Waals surface area contributed by atoms with E-state index in [2.05, 4.69) is 64.2 Å². The molecule has 1 aliphatic rings. The van der Waals surface area contributed by atoms with Gasteiger partial charge in [0.25, 0.3) is 0 Å². The molecule has 0 spiro atoms. The Morgan fingerprint density at radius 3 is 3.13 bits per heavy atom. The van der Waals surface area contributed by atoms with Crippen LogP contribution >= 0.6 is 27.7 Å². The van der Waals surface area contributed by atoms with Crippen molar-refractivity contribution in [1.82, 2.24) is 5.32 Å². The topological polar surface area (TPSA) is 12.0 Å². The maximum Gasteiger partial charge on any atom is 0.0414 e. The normalized spacial score (nSPS) is 27.3. The van der Waals surface area contributed by atoms with Gasteiger partial charge in [-0.15, -0.1) is 0 Å². The third kappa shape index (κ3) is 3.23. The molecule has 2 rings (SSSR count). The molecular weight excluding hydrogens is 270 g/mol. The van der Waals surface area contributed by atoms with Crippen molar-refractivity contribution in [2.45, 2.75) is 25.4 Å². The van der Waals surface area contributed by atoms with Crippen LogP contribution in [0.5, 0.6) is 0 Å². The second-order valence-electron chi connectivity index (χ2n) is 4.04. The van der Waals surface area contributed by atoms with Gasteiger partial charge in [-0.2, -0.15) is 11.8 Å². The largest absolute Gasteiger partial charge is 0.307 e. The quantitative estimate of drug-likeness (QED) is 0.846. The first-order chi connectivity index (χ1) is 7.25. The number of thioether (sulfide) groups is 1. The van der Waals surface area contributed by atoms with Crippen LogP contribution in [-0.4, -0.2) is 17.5 Å². The van der Waals surface area contributed by atoms with Gasteiger partial charge in [0.05, 0.1) is 0 Å². The summed E-state index contributed by atoms with van der Waals surface area (Å²) in [6.45, 7) is 2.27. The predicted octanol–water partition coefficient (Wildman–Crippen LogP) is 3.61. The Labute approximate surface area is 104 Å². The Balaban J connectivity index is 2.14. The summed E-state index contributed by atoms with van der Waals surface area (Å²) in [7, 11) is 0. The van der Waals surface area contributed by atoms with E-state index in [1.54, 1.807) is 0 Å². The standard InChI is InChI=1S/C12H16BrNS/c1-9-5-6-15-8-12(14-9)10-3-2-4-11(13)7-10/h2-4,7,9,12,14H,5-6,8H2,1H3. The average molecular weight is 286 g/mol. The second-order valence-corrected chi connectivity index (χ2v) is 6.10. The Morgan fingerprint density at radius 2 is 2.33 bits per heavy atom. The highest BCUT2D eigenvalue weighted by Crippen LogP contribution is 2.25. The Kier molecular flexibility index (Phi) is 4.12. The molecule has 2 unspecified atom stereocenters. The highest BCUT2D eigenvalue weighted by Gasteiger charge is 2.17. The molecular formula is C12H16BrNS. The van der Waals surface area contributed by atoms with Crippen LogP contribution in [0.2, 0.25) is 0 Å². The zero-order valence-corrected chi connectivity index (χ0v) is 11.3. The second kappa shape index (κ2) is 5.37. The van der Waals surface area contributed by atoms with Gasteiger partial charge in [0.1, 0.15) is 0 Å². The average Bonchev–Trinajstić information content (AvgIpc) is 2.43. The van der Waals surface area contributed by atoms with Crippen LogP contribution in [0.3, 0.4) is 0 Å². The Morgan fingerprint density at radius 1 is 1.47 bits per heavy atom. The predicted molar refractivity (Wildman–Crippen MR) is 71.4 cm³/mol. The van der Waals surface area contributed by atoms with E-state index < -0.39 is 0 Å². The molecule has 3 heteroatoms. The minimum absolute atomic E-state index is 0.505. The van der Waals surface area contributed by atoms with Gasteiger partial charge in [-0.1, -0.05) is 28.1 Å². The third-order valence-electron chi connectivity index (χ3n) is 2.72. The number of hydrogen-bond acceptors (Lipinski definition) is 2. The molecule has 1 nitrogen and oxygen atoms in total. The van der Waals surface area contributed by atoms with Crippen LogP contribution in [0.15, 0.2) is 28.7 Å². The first kappa shape index (κ1) is 11.5. The van der Waals surface area contributed by atoms with Crippen molar-refractivity contribution in [3.8, 4) is 0 Å². The zero-order chi connectivity index (χ0) is 10.7. The molecule has 0 aromatic heterocycles. The number of halogens is 1. The summed E-state index contributed by atoms with van der Waals surface area (Å²) in [6, 6.07) is 9.75. The molecule has 1 saturated heterocycles. The van der Waals surface area contributed by atoms with Gasteiger partial charge in [-0.3, -0.25) is 0 Å². The van der Waals surface area contributed by atoms with E-state index in [9.17, 15) is 0 Å². The maximum absolute atomic E-state index is 3.68. The van der Waals surface area contributed by atoms with Gasteiger partial charge in [0.2, 0.25) is 0 Å². The third-order valence-corrected chi connectivity index (χ3v) is 4.30. The van der Waals surface area contributed by atoms with Gasteiger partial charge in [-0.25, -0.2) is 0 Å². The van der Waals surface area contributed by atoms with Crippen molar-refractivity contribution in [1.29, 1.82) is 0 Å². The van der Waals surface area contributed by atoms with Crippen molar-refractivity contribution >= 4 is 27.7 Å². The molecule has 0 radical (unpaired) electrons. The fourth-order valence-corrected chi connectivity index (χ4v) is 3.48. The van der Waals surface area contributed by atoms with Gasteiger partial charge in [0.15, 0.2) is 0 Å². The molecule has 1 heterocycles. The Hall–Kier alpha value is 0.01000. The van der Waals surface area contributed by atoms with Crippen molar-refractivity contribution in [2.75, 3.05) is 11.5 Å². The lowest BCUT2D eigenvalue weighted by atomic mass is 10.1. The highest BCUT2D eigenvalue weighted by molar-refractivity contribution is 9.10. The molecule has 1 aromatic rings. The van der Waals surface area contributed by atoms with Crippen LogP contribution < -0.4 is 5.32 Å². The summed E-state index contributed by atoms with van der Waals surface area (Å²) in [5, 5.41) is 3.68. The molecule has 0 saturated carbocycles. The molecule has 0 bridgehead atoms. The summed E-state index contributed by atoms with van der Waals surface area (Å²) >= 11 is 5.58.